The molecule has 0 heterocycles. The van der Waals surface area contributed by atoms with Gasteiger partial charge in [-0.2, -0.15) is 5.26 Å². The predicted molar refractivity (Wildman–Crippen MR) is 85.0 cm³/mol. The first-order chi connectivity index (χ1) is 11.1. The first-order valence-electron chi connectivity index (χ1n) is 7.09. The number of rotatable bonds is 3. The Hall–Kier alpha value is -2.77. The highest BCUT2D eigenvalue weighted by Gasteiger charge is 2.15. The van der Waals surface area contributed by atoms with Gasteiger partial charge in [0.2, 0.25) is 0 Å². The number of nitriles is 1. The van der Waals surface area contributed by atoms with Gasteiger partial charge in [0.15, 0.2) is 0 Å². The van der Waals surface area contributed by atoms with Crippen LogP contribution in [0.15, 0.2) is 54.6 Å². The second-order valence-corrected chi connectivity index (χ2v) is 5.23. The third-order valence-corrected chi connectivity index (χ3v) is 3.84. The fraction of sp³-hybridized carbons (Fsp3) is 0.105. The van der Waals surface area contributed by atoms with E-state index in [4.69, 9.17) is 5.26 Å². The van der Waals surface area contributed by atoms with Gasteiger partial charge >= 0.3 is 0 Å². The standard InChI is InChI=1S/C19H13F2NO/c20-19(21)15-8-13-3-1-2-4-16(13)18(9-15)17-7-12(10-22)5-6-14(17)11-23/h1-9,19,23H,11H2. The van der Waals surface area contributed by atoms with E-state index in [0.717, 1.165) is 5.39 Å². The van der Waals surface area contributed by atoms with Crippen LogP contribution in [0.25, 0.3) is 21.9 Å². The maximum Gasteiger partial charge on any atom is 0.263 e. The molecule has 0 aliphatic heterocycles. The van der Waals surface area contributed by atoms with Crippen LogP contribution in [0.2, 0.25) is 0 Å². The van der Waals surface area contributed by atoms with E-state index in [2.05, 4.69) is 0 Å². The summed E-state index contributed by atoms with van der Waals surface area (Å²) >= 11 is 0. The second kappa shape index (κ2) is 6.15. The minimum atomic E-state index is -2.59. The third kappa shape index (κ3) is 2.79. The molecule has 0 radical (unpaired) electrons. The Morgan fingerprint density at radius 2 is 1.78 bits per heavy atom. The first kappa shape index (κ1) is 15.1. The molecule has 23 heavy (non-hydrogen) atoms. The topological polar surface area (TPSA) is 44.0 Å². The van der Waals surface area contributed by atoms with Gasteiger partial charge in [-0.3, -0.25) is 0 Å². The van der Waals surface area contributed by atoms with Crippen molar-refractivity contribution in [2.24, 2.45) is 0 Å². The molecule has 1 N–H and O–H groups in total. The maximum atomic E-state index is 13.2. The summed E-state index contributed by atoms with van der Waals surface area (Å²) in [6, 6.07) is 17.1. The van der Waals surface area contributed by atoms with Gasteiger partial charge in [0, 0.05) is 5.56 Å². The van der Waals surface area contributed by atoms with Crippen molar-refractivity contribution in [3.05, 3.63) is 71.3 Å². The smallest absolute Gasteiger partial charge is 0.263 e. The Labute approximate surface area is 132 Å². The Morgan fingerprint density at radius 1 is 1.00 bits per heavy atom. The summed E-state index contributed by atoms with van der Waals surface area (Å²) in [4.78, 5) is 0. The van der Waals surface area contributed by atoms with Crippen LogP contribution in [-0.4, -0.2) is 5.11 Å². The molecule has 0 bridgehead atoms. The van der Waals surface area contributed by atoms with Gasteiger partial charge in [0.05, 0.1) is 18.2 Å². The SMILES string of the molecule is N#Cc1ccc(CO)c(-c2cc(C(F)F)cc3ccccc23)c1. The number of nitrogens with zero attached hydrogens (tertiary/aromatic N) is 1. The van der Waals surface area contributed by atoms with Gasteiger partial charge in [-0.1, -0.05) is 30.3 Å². The van der Waals surface area contributed by atoms with Crippen molar-refractivity contribution in [2.45, 2.75) is 13.0 Å². The normalized spacial score (nSPS) is 10.9. The van der Waals surface area contributed by atoms with Crippen molar-refractivity contribution in [2.75, 3.05) is 0 Å². The summed E-state index contributed by atoms with van der Waals surface area (Å²) in [5.74, 6) is 0. The van der Waals surface area contributed by atoms with Gasteiger partial charge in [0.1, 0.15) is 0 Å². The van der Waals surface area contributed by atoms with E-state index < -0.39 is 6.43 Å². The maximum absolute atomic E-state index is 13.2. The number of hydrogen-bond donors (Lipinski definition) is 1. The van der Waals surface area contributed by atoms with Gasteiger partial charge in [0.25, 0.3) is 6.43 Å². The molecule has 3 aromatic rings. The lowest BCUT2D eigenvalue weighted by atomic mass is 9.92. The molecule has 2 nitrogen and oxygen atoms in total. The minimum absolute atomic E-state index is 0.0787. The fourth-order valence-corrected chi connectivity index (χ4v) is 2.72. The molecular formula is C19H13F2NO. The molecule has 0 atom stereocenters. The fourth-order valence-electron chi connectivity index (χ4n) is 2.72. The highest BCUT2D eigenvalue weighted by atomic mass is 19.3. The molecule has 0 aliphatic carbocycles. The molecule has 0 amide bonds. The molecule has 0 saturated carbocycles. The summed E-state index contributed by atoms with van der Waals surface area (Å²) in [7, 11) is 0. The van der Waals surface area contributed by atoms with E-state index in [1.165, 1.54) is 12.1 Å². The molecule has 0 aliphatic rings. The number of alkyl halides is 2. The zero-order valence-electron chi connectivity index (χ0n) is 12.1. The number of hydrogen-bond acceptors (Lipinski definition) is 2. The first-order valence-corrected chi connectivity index (χ1v) is 7.09. The zero-order valence-corrected chi connectivity index (χ0v) is 12.1. The van der Waals surface area contributed by atoms with Crippen LogP contribution >= 0.6 is 0 Å². The molecule has 0 unspecified atom stereocenters. The summed E-state index contributed by atoms with van der Waals surface area (Å²) in [6.45, 7) is -0.228. The Bertz CT molecular complexity index is 913. The van der Waals surface area contributed by atoms with Crippen LogP contribution in [-0.2, 0) is 6.61 Å². The molecule has 0 aromatic heterocycles. The Balaban J connectivity index is 2.37. The zero-order chi connectivity index (χ0) is 16.4. The second-order valence-electron chi connectivity index (χ2n) is 5.23. The van der Waals surface area contributed by atoms with Gasteiger partial charge < -0.3 is 5.11 Å². The van der Waals surface area contributed by atoms with E-state index in [1.54, 1.807) is 30.3 Å². The van der Waals surface area contributed by atoms with Crippen LogP contribution in [0.1, 0.15) is 23.1 Å². The lowest BCUT2D eigenvalue weighted by Crippen LogP contribution is -1.94. The van der Waals surface area contributed by atoms with Crippen molar-refractivity contribution < 1.29 is 13.9 Å². The molecule has 0 fully saturated rings. The summed E-state index contributed by atoms with van der Waals surface area (Å²) in [6.07, 6.45) is -2.59. The van der Waals surface area contributed by atoms with Crippen molar-refractivity contribution in [1.82, 2.24) is 0 Å². The average molecular weight is 309 g/mol. The van der Waals surface area contributed by atoms with Crippen LogP contribution in [0.3, 0.4) is 0 Å². The van der Waals surface area contributed by atoms with E-state index in [0.29, 0.717) is 27.6 Å². The van der Waals surface area contributed by atoms with E-state index in [9.17, 15) is 13.9 Å². The Morgan fingerprint density at radius 3 is 2.48 bits per heavy atom. The molecule has 0 spiro atoms. The van der Waals surface area contributed by atoms with Gasteiger partial charge in [-0.05, 0) is 51.7 Å². The van der Waals surface area contributed by atoms with Crippen molar-refractivity contribution in [1.29, 1.82) is 5.26 Å². The van der Waals surface area contributed by atoms with Crippen LogP contribution < -0.4 is 0 Å². The van der Waals surface area contributed by atoms with Crippen molar-refractivity contribution >= 4 is 10.8 Å². The molecule has 3 aromatic carbocycles. The molecular weight excluding hydrogens is 296 g/mol. The van der Waals surface area contributed by atoms with Gasteiger partial charge in [-0.15, -0.1) is 0 Å². The molecule has 4 heteroatoms. The average Bonchev–Trinajstić information content (AvgIpc) is 2.60. The van der Waals surface area contributed by atoms with Crippen LogP contribution in [0.4, 0.5) is 8.78 Å². The number of halogens is 2. The number of benzene rings is 3. The number of aliphatic hydroxyl groups is 1. The van der Waals surface area contributed by atoms with E-state index in [-0.39, 0.29) is 12.2 Å². The van der Waals surface area contributed by atoms with Crippen molar-refractivity contribution in [3.8, 4) is 17.2 Å². The summed E-state index contributed by atoms with van der Waals surface area (Å²) in [5, 5.41) is 20.2. The predicted octanol–water partition coefficient (Wildman–Crippen LogP) is 4.81. The number of aliphatic hydroxyl groups excluding tert-OH is 1. The largest absolute Gasteiger partial charge is 0.392 e. The van der Waals surface area contributed by atoms with Crippen LogP contribution in [0.5, 0.6) is 0 Å². The van der Waals surface area contributed by atoms with Gasteiger partial charge in [-0.25, -0.2) is 8.78 Å². The lowest BCUT2D eigenvalue weighted by molar-refractivity contribution is 0.151. The quantitative estimate of drug-likeness (QED) is 0.754. The van der Waals surface area contributed by atoms with Crippen LogP contribution in [0, 0.1) is 11.3 Å². The van der Waals surface area contributed by atoms with E-state index in [1.807, 2.05) is 18.2 Å². The van der Waals surface area contributed by atoms with Crippen molar-refractivity contribution in [3.63, 3.8) is 0 Å². The monoisotopic (exact) mass is 309 g/mol. The molecule has 0 saturated heterocycles. The molecule has 3 rings (SSSR count). The minimum Gasteiger partial charge on any atom is -0.392 e. The van der Waals surface area contributed by atoms with E-state index >= 15 is 0 Å². The number of fused-ring (bicyclic) bond motifs is 1. The third-order valence-electron chi connectivity index (χ3n) is 3.84. The highest BCUT2D eigenvalue weighted by Crippen LogP contribution is 2.35. The Kier molecular flexibility index (Phi) is 4.05. The summed E-state index contributed by atoms with van der Waals surface area (Å²) in [5.41, 5.74) is 2.14. The summed E-state index contributed by atoms with van der Waals surface area (Å²) < 4.78 is 26.4. The molecule has 114 valence electrons. The highest BCUT2D eigenvalue weighted by molar-refractivity contribution is 5.98. The lowest BCUT2D eigenvalue weighted by Gasteiger charge is -2.13.